The largest absolute Gasteiger partial charge is 0.486 e. The summed E-state index contributed by atoms with van der Waals surface area (Å²) in [6, 6.07) is 26.1. The van der Waals surface area contributed by atoms with Crippen LogP contribution in [0.25, 0.3) is 0 Å². The van der Waals surface area contributed by atoms with E-state index in [1.807, 2.05) is 55.6 Å². The highest BCUT2D eigenvalue weighted by Gasteiger charge is 2.20. The summed E-state index contributed by atoms with van der Waals surface area (Å²) in [6.07, 6.45) is 4.68. The number of likely N-dealkylation sites (tertiary alicyclic amines) is 1. The van der Waals surface area contributed by atoms with E-state index >= 15 is 0 Å². The lowest BCUT2D eigenvalue weighted by Crippen LogP contribution is -2.33. The third-order valence-electron chi connectivity index (χ3n) is 7.09. The van der Waals surface area contributed by atoms with Crippen LogP contribution in [0.1, 0.15) is 59.7 Å². The zero-order valence-corrected chi connectivity index (χ0v) is 21.9. The molecule has 0 saturated carbocycles. The predicted octanol–water partition coefficient (Wildman–Crippen LogP) is 6.94. The Balaban J connectivity index is 1.24. The zero-order chi connectivity index (χ0) is 25.2. The molecule has 1 aliphatic rings. The van der Waals surface area contributed by atoms with E-state index in [0.29, 0.717) is 17.4 Å². The second-order valence-corrected chi connectivity index (χ2v) is 10.2. The van der Waals surface area contributed by atoms with Crippen molar-refractivity contribution < 1.29 is 9.53 Å². The maximum Gasteiger partial charge on any atom is 0.162 e. The van der Waals surface area contributed by atoms with Crippen molar-refractivity contribution in [2.75, 3.05) is 26.7 Å². The van der Waals surface area contributed by atoms with Gasteiger partial charge in [-0.3, -0.25) is 9.69 Å². The molecule has 1 fully saturated rings. The number of nitrogens with one attached hydrogen (secondary N) is 1. The number of piperidine rings is 1. The van der Waals surface area contributed by atoms with Crippen molar-refractivity contribution in [1.82, 2.24) is 10.2 Å². The van der Waals surface area contributed by atoms with Gasteiger partial charge in [0.05, 0.1) is 0 Å². The molecule has 1 N–H and O–H groups in total. The van der Waals surface area contributed by atoms with Gasteiger partial charge in [0.2, 0.25) is 0 Å². The first-order chi connectivity index (χ1) is 17.6. The van der Waals surface area contributed by atoms with Crippen LogP contribution in [-0.4, -0.2) is 37.4 Å². The highest BCUT2D eigenvalue weighted by molar-refractivity contribution is 6.30. The first kappa shape index (κ1) is 26.4. The lowest BCUT2D eigenvalue weighted by atomic mass is 9.90. The minimum absolute atomic E-state index is 0.0796. The number of hydrogen-bond donors (Lipinski definition) is 1. The van der Waals surface area contributed by atoms with Gasteiger partial charge >= 0.3 is 0 Å². The van der Waals surface area contributed by atoms with E-state index in [2.05, 4.69) is 40.5 Å². The monoisotopic (exact) mass is 504 g/mol. The number of benzene rings is 3. The van der Waals surface area contributed by atoms with E-state index < -0.39 is 0 Å². The molecule has 1 aliphatic heterocycles. The number of nitrogens with zero attached hydrogens (tertiary/aromatic N) is 1. The van der Waals surface area contributed by atoms with Gasteiger partial charge in [-0.1, -0.05) is 54.1 Å². The van der Waals surface area contributed by atoms with Crippen molar-refractivity contribution in [1.29, 1.82) is 0 Å². The molecule has 3 aromatic carbocycles. The van der Waals surface area contributed by atoms with Crippen molar-refractivity contribution in [3.8, 4) is 5.75 Å². The van der Waals surface area contributed by atoms with Crippen LogP contribution in [0.4, 0.5) is 0 Å². The van der Waals surface area contributed by atoms with Gasteiger partial charge in [-0.15, -0.1) is 0 Å². The number of Topliss-reactive ketones (excluding diaryl/α,β-unsaturated/α-hetero) is 1. The van der Waals surface area contributed by atoms with Crippen molar-refractivity contribution in [3.05, 3.63) is 101 Å². The van der Waals surface area contributed by atoms with Crippen LogP contribution in [0.3, 0.4) is 0 Å². The van der Waals surface area contributed by atoms with Gasteiger partial charge < -0.3 is 10.1 Å². The van der Waals surface area contributed by atoms with Crippen LogP contribution < -0.4 is 10.1 Å². The molecule has 1 atom stereocenters. The maximum absolute atomic E-state index is 12.8. The minimum Gasteiger partial charge on any atom is -0.486 e. The van der Waals surface area contributed by atoms with E-state index in [1.165, 1.54) is 18.4 Å². The average molecular weight is 505 g/mol. The molecule has 0 radical (unpaired) electrons. The smallest absolute Gasteiger partial charge is 0.162 e. The third-order valence-corrected chi connectivity index (χ3v) is 7.34. The molecule has 0 aromatic heterocycles. The predicted molar refractivity (Wildman–Crippen MR) is 148 cm³/mol. The average Bonchev–Trinajstić information content (AvgIpc) is 2.92. The zero-order valence-electron chi connectivity index (χ0n) is 21.2. The van der Waals surface area contributed by atoms with Crippen LogP contribution in [0.15, 0.2) is 78.9 Å². The van der Waals surface area contributed by atoms with Crippen LogP contribution in [0.5, 0.6) is 5.75 Å². The van der Waals surface area contributed by atoms with Gasteiger partial charge in [0, 0.05) is 30.0 Å². The van der Waals surface area contributed by atoms with E-state index in [4.69, 9.17) is 16.3 Å². The van der Waals surface area contributed by atoms with E-state index in [0.717, 1.165) is 55.9 Å². The Morgan fingerprint density at radius 2 is 1.69 bits per heavy atom. The number of rotatable bonds is 12. The fourth-order valence-corrected chi connectivity index (χ4v) is 5.01. The molecule has 0 spiro atoms. The number of ketones is 1. The maximum atomic E-state index is 12.8. The second-order valence-electron chi connectivity index (χ2n) is 9.74. The molecule has 1 heterocycles. The number of halogens is 1. The Labute approximate surface area is 220 Å². The first-order valence-electron chi connectivity index (χ1n) is 13.1. The summed E-state index contributed by atoms with van der Waals surface area (Å²) in [6.45, 7) is 4.09. The summed E-state index contributed by atoms with van der Waals surface area (Å²) in [7, 11) is 1.94. The molecule has 1 saturated heterocycles. The lowest BCUT2D eigenvalue weighted by Gasteiger charge is -2.32. The normalized spacial score (nSPS) is 15.5. The van der Waals surface area contributed by atoms with Gasteiger partial charge in [0.1, 0.15) is 11.9 Å². The van der Waals surface area contributed by atoms with Crippen LogP contribution in [-0.2, 0) is 6.54 Å². The van der Waals surface area contributed by atoms with Crippen molar-refractivity contribution in [2.24, 2.45) is 5.92 Å². The van der Waals surface area contributed by atoms with Gasteiger partial charge in [0.25, 0.3) is 0 Å². The molecule has 0 amide bonds. The molecule has 36 heavy (non-hydrogen) atoms. The Morgan fingerprint density at radius 1 is 1.00 bits per heavy atom. The quantitative estimate of drug-likeness (QED) is 0.271. The van der Waals surface area contributed by atoms with Crippen LogP contribution >= 0.6 is 11.6 Å². The fourth-order valence-electron chi connectivity index (χ4n) is 4.88. The minimum atomic E-state index is -0.0796. The summed E-state index contributed by atoms with van der Waals surface area (Å²) in [5.41, 5.74) is 3.23. The molecule has 1 unspecified atom stereocenters. The standard InChI is InChI=1S/C31H37ClN2O2/c1-33-20-17-31(27-8-12-28(32)13-9-27)36-29-14-10-26(11-15-29)30(35)16-7-24-18-21-34(22-19-24)23-25-5-3-2-4-6-25/h2-6,8-15,24,31,33H,7,16-23H2,1H3. The van der Waals surface area contributed by atoms with Gasteiger partial charge in [0.15, 0.2) is 5.78 Å². The highest BCUT2D eigenvalue weighted by Crippen LogP contribution is 2.27. The molecule has 4 rings (SSSR count). The number of carbonyl (C=O) groups is 1. The topological polar surface area (TPSA) is 41.6 Å². The summed E-state index contributed by atoms with van der Waals surface area (Å²) in [5.74, 6) is 1.63. The summed E-state index contributed by atoms with van der Waals surface area (Å²) < 4.78 is 6.29. The summed E-state index contributed by atoms with van der Waals surface area (Å²) in [5, 5.41) is 3.90. The molecule has 4 nitrogen and oxygen atoms in total. The molecular weight excluding hydrogens is 468 g/mol. The number of carbonyl (C=O) groups excluding carboxylic acids is 1. The molecule has 0 aliphatic carbocycles. The highest BCUT2D eigenvalue weighted by atomic mass is 35.5. The first-order valence-corrected chi connectivity index (χ1v) is 13.4. The van der Waals surface area contributed by atoms with E-state index in [9.17, 15) is 4.79 Å². The van der Waals surface area contributed by atoms with Gasteiger partial charge in [-0.05, 0) is 99.4 Å². The molecular formula is C31H37ClN2O2. The van der Waals surface area contributed by atoms with Crippen LogP contribution in [0, 0.1) is 5.92 Å². The Morgan fingerprint density at radius 3 is 2.36 bits per heavy atom. The third kappa shape index (κ3) is 7.92. The second kappa shape index (κ2) is 13.6. The Hall–Kier alpha value is -2.66. The van der Waals surface area contributed by atoms with Crippen molar-refractivity contribution in [2.45, 2.75) is 44.8 Å². The SMILES string of the molecule is CNCCC(Oc1ccc(C(=O)CCC2CCN(Cc3ccccc3)CC2)cc1)c1ccc(Cl)cc1. The molecule has 190 valence electrons. The fraction of sp³-hybridized carbons (Fsp3) is 0.387. The number of ether oxygens (including phenoxy) is 1. The summed E-state index contributed by atoms with van der Waals surface area (Å²) in [4.78, 5) is 15.4. The molecule has 3 aromatic rings. The lowest BCUT2D eigenvalue weighted by molar-refractivity contribution is 0.0961. The summed E-state index contributed by atoms with van der Waals surface area (Å²) >= 11 is 6.05. The molecule has 5 heteroatoms. The van der Waals surface area contributed by atoms with Crippen LogP contribution in [0.2, 0.25) is 5.02 Å². The Kier molecular flexibility index (Phi) is 9.97. The number of hydrogen-bond acceptors (Lipinski definition) is 4. The van der Waals surface area contributed by atoms with Crippen molar-refractivity contribution in [3.63, 3.8) is 0 Å². The van der Waals surface area contributed by atoms with Crippen molar-refractivity contribution >= 4 is 17.4 Å². The van der Waals surface area contributed by atoms with E-state index in [-0.39, 0.29) is 11.9 Å². The Bertz CT molecular complexity index is 1060. The molecule has 0 bridgehead atoms. The van der Waals surface area contributed by atoms with E-state index in [1.54, 1.807) is 0 Å². The van der Waals surface area contributed by atoms with Gasteiger partial charge in [-0.2, -0.15) is 0 Å². The van der Waals surface area contributed by atoms with Gasteiger partial charge in [-0.25, -0.2) is 0 Å².